The molecule has 0 N–H and O–H groups in total. The first-order valence-corrected chi connectivity index (χ1v) is 3.39. The molecule has 3 heteroatoms. The first-order valence-electron chi connectivity index (χ1n) is 3.39. The van der Waals surface area contributed by atoms with Crippen LogP contribution < -0.4 is 0 Å². The molecule has 1 aliphatic carbocycles. The van der Waals surface area contributed by atoms with Gasteiger partial charge in [0.05, 0.1) is 7.11 Å². The highest BCUT2D eigenvalue weighted by Crippen LogP contribution is 2.35. The number of ether oxygens (including phenoxy) is 2. The van der Waals surface area contributed by atoms with E-state index in [1.54, 1.807) is 7.11 Å². The topological polar surface area (TPSA) is 35.5 Å². The summed E-state index contributed by atoms with van der Waals surface area (Å²) >= 11 is 0. The number of hydrogen-bond acceptors (Lipinski definition) is 3. The first kappa shape index (κ1) is 7.54. The normalized spacial score (nSPS) is 21.4. The predicted octanol–water partition coefficient (Wildman–Crippen LogP) is 0.728. The fourth-order valence-electron chi connectivity index (χ4n) is 1.18. The Hall–Kier alpha value is -0.570. The van der Waals surface area contributed by atoms with Gasteiger partial charge in [0.2, 0.25) is 0 Å². The van der Waals surface area contributed by atoms with Crippen LogP contribution in [0.5, 0.6) is 0 Å². The minimum absolute atomic E-state index is 0.235. The number of carbonyl (C=O) groups excluding carboxylic acids is 1. The molecular formula is C7H12O3. The summed E-state index contributed by atoms with van der Waals surface area (Å²) in [5.41, 5.74) is -0.589. The average molecular weight is 144 g/mol. The Bertz CT molecular complexity index is 132. The van der Waals surface area contributed by atoms with E-state index in [1.165, 1.54) is 7.11 Å². The van der Waals surface area contributed by atoms with E-state index in [-0.39, 0.29) is 5.97 Å². The Morgan fingerprint density at radius 2 is 2.00 bits per heavy atom. The Kier molecular flexibility index (Phi) is 1.94. The van der Waals surface area contributed by atoms with Crippen molar-refractivity contribution >= 4 is 5.97 Å². The second-order valence-corrected chi connectivity index (χ2v) is 2.54. The van der Waals surface area contributed by atoms with Crippen molar-refractivity contribution in [1.82, 2.24) is 0 Å². The summed E-state index contributed by atoms with van der Waals surface area (Å²) in [6.45, 7) is 0. The molecule has 0 aromatic heterocycles. The van der Waals surface area contributed by atoms with E-state index in [1.807, 2.05) is 0 Å². The van der Waals surface area contributed by atoms with Crippen LogP contribution in [0.25, 0.3) is 0 Å². The second-order valence-electron chi connectivity index (χ2n) is 2.54. The van der Waals surface area contributed by atoms with Gasteiger partial charge >= 0.3 is 5.97 Å². The van der Waals surface area contributed by atoms with Gasteiger partial charge in [-0.05, 0) is 19.3 Å². The lowest BCUT2D eigenvalue weighted by Crippen LogP contribution is -2.47. The molecule has 1 fully saturated rings. The van der Waals surface area contributed by atoms with E-state index >= 15 is 0 Å². The van der Waals surface area contributed by atoms with Gasteiger partial charge in [-0.2, -0.15) is 0 Å². The van der Waals surface area contributed by atoms with Crippen molar-refractivity contribution in [2.45, 2.75) is 24.9 Å². The molecule has 0 saturated heterocycles. The number of esters is 1. The van der Waals surface area contributed by atoms with Crippen molar-refractivity contribution in [1.29, 1.82) is 0 Å². The zero-order valence-corrected chi connectivity index (χ0v) is 6.35. The minimum atomic E-state index is -0.589. The third-order valence-corrected chi connectivity index (χ3v) is 2.11. The molecule has 0 atom stereocenters. The van der Waals surface area contributed by atoms with Gasteiger partial charge in [0.25, 0.3) is 0 Å². The van der Waals surface area contributed by atoms with Gasteiger partial charge in [0.15, 0.2) is 5.60 Å². The van der Waals surface area contributed by atoms with Crippen molar-refractivity contribution in [2.24, 2.45) is 0 Å². The minimum Gasteiger partial charge on any atom is -0.467 e. The highest BCUT2D eigenvalue weighted by molar-refractivity contribution is 5.80. The molecule has 1 saturated carbocycles. The van der Waals surface area contributed by atoms with E-state index in [2.05, 4.69) is 4.74 Å². The lowest BCUT2D eigenvalue weighted by atomic mass is 9.80. The number of methoxy groups -OCH3 is 2. The van der Waals surface area contributed by atoms with Crippen LogP contribution in [0.4, 0.5) is 0 Å². The standard InChI is InChI=1S/C7H12O3/c1-9-6(8)7(10-2)4-3-5-7/h3-5H2,1-2H3. The molecule has 0 spiro atoms. The molecule has 0 heterocycles. The molecule has 1 aliphatic rings. The quantitative estimate of drug-likeness (QED) is 0.536. The van der Waals surface area contributed by atoms with Gasteiger partial charge in [-0.1, -0.05) is 0 Å². The van der Waals surface area contributed by atoms with Gasteiger partial charge in [0.1, 0.15) is 0 Å². The summed E-state index contributed by atoms with van der Waals surface area (Å²) in [5.74, 6) is -0.235. The van der Waals surface area contributed by atoms with E-state index in [0.29, 0.717) is 0 Å². The molecule has 3 nitrogen and oxygen atoms in total. The maximum Gasteiger partial charge on any atom is 0.338 e. The predicted molar refractivity (Wildman–Crippen MR) is 35.6 cm³/mol. The molecule has 0 aliphatic heterocycles. The molecule has 0 aromatic rings. The van der Waals surface area contributed by atoms with Crippen LogP contribution in [-0.2, 0) is 14.3 Å². The Balaban J connectivity index is 2.55. The summed E-state index contributed by atoms with van der Waals surface area (Å²) in [7, 11) is 2.94. The first-order chi connectivity index (χ1) is 4.75. The smallest absolute Gasteiger partial charge is 0.338 e. The third kappa shape index (κ3) is 0.904. The summed E-state index contributed by atoms with van der Waals surface area (Å²) in [6.07, 6.45) is 2.66. The molecule has 0 bridgehead atoms. The zero-order chi connectivity index (χ0) is 7.61. The van der Waals surface area contributed by atoms with Crippen LogP contribution in [0.3, 0.4) is 0 Å². The Morgan fingerprint density at radius 3 is 2.10 bits per heavy atom. The largest absolute Gasteiger partial charge is 0.467 e. The summed E-state index contributed by atoms with van der Waals surface area (Å²) in [6, 6.07) is 0. The van der Waals surface area contributed by atoms with Gasteiger partial charge < -0.3 is 9.47 Å². The molecule has 1 rings (SSSR count). The van der Waals surface area contributed by atoms with Crippen LogP contribution in [-0.4, -0.2) is 25.8 Å². The highest BCUT2D eigenvalue weighted by atomic mass is 16.6. The van der Waals surface area contributed by atoms with E-state index in [4.69, 9.17) is 4.74 Å². The van der Waals surface area contributed by atoms with E-state index in [9.17, 15) is 4.79 Å². The maximum absolute atomic E-state index is 11.0. The molecule has 0 radical (unpaired) electrons. The molecule has 0 aromatic carbocycles. The van der Waals surface area contributed by atoms with E-state index < -0.39 is 5.60 Å². The second kappa shape index (κ2) is 2.58. The molecular weight excluding hydrogens is 132 g/mol. The van der Waals surface area contributed by atoms with Crippen molar-refractivity contribution in [3.8, 4) is 0 Å². The monoisotopic (exact) mass is 144 g/mol. The van der Waals surface area contributed by atoms with Crippen LogP contribution in [0, 0.1) is 0 Å². The van der Waals surface area contributed by atoms with Gasteiger partial charge in [-0.15, -0.1) is 0 Å². The third-order valence-electron chi connectivity index (χ3n) is 2.11. The maximum atomic E-state index is 11.0. The molecule has 10 heavy (non-hydrogen) atoms. The lowest BCUT2D eigenvalue weighted by Gasteiger charge is -2.36. The van der Waals surface area contributed by atoms with Crippen molar-refractivity contribution in [3.05, 3.63) is 0 Å². The number of rotatable bonds is 2. The molecule has 0 unspecified atom stereocenters. The Morgan fingerprint density at radius 1 is 1.40 bits per heavy atom. The van der Waals surface area contributed by atoms with Gasteiger partial charge in [-0.3, -0.25) is 0 Å². The Labute approximate surface area is 60.3 Å². The lowest BCUT2D eigenvalue weighted by molar-refractivity contribution is -0.176. The number of hydrogen-bond donors (Lipinski definition) is 0. The zero-order valence-electron chi connectivity index (χ0n) is 6.35. The number of carbonyl (C=O) groups is 1. The average Bonchev–Trinajstić information content (AvgIpc) is 1.86. The summed E-state index contributed by atoms with van der Waals surface area (Å²) in [4.78, 5) is 11.0. The molecule has 58 valence electrons. The van der Waals surface area contributed by atoms with Crippen LogP contribution in [0.2, 0.25) is 0 Å². The molecule has 0 amide bonds. The van der Waals surface area contributed by atoms with E-state index in [0.717, 1.165) is 19.3 Å². The summed E-state index contributed by atoms with van der Waals surface area (Å²) in [5, 5.41) is 0. The van der Waals surface area contributed by atoms with Crippen LogP contribution in [0.1, 0.15) is 19.3 Å². The van der Waals surface area contributed by atoms with Crippen molar-refractivity contribution in [3.63, 3.8) is 0 Å². The SMILES string of the molecule is COC(=O)C1(OC)CCC1. The van der Waals surface area contributed by atoms with Crippen molar-refractivity contribution in [2.75, 3.05) is 14.2 Å². The van der Waals surface area contributed by atoms with Gasteiger partial charge in [-0.25, -0.2) is 4.79 Å². The summed E-state index contributed by atoms with van der Waals surface area (Å²) < 4.78 is 9.64. The van der Waals surface area contributed by atoms with Crippen molar-refractivity contribution < 1.29 is 14.3 Å². The highest BCUT2D eigenvalue weighted by Gasteiger charge is 2.45. The van der Waals surface area contributed by atoms with Crippen LogP contribution in [0.15, 0.2) is 0 Å². The van der Waals surface area contributed by atoms with Crippen LogP contribution >= 0.6 is 0 Å². The van der Waals surface area contributed by atoms with Gasteiger partial charge in [0, 0.05) is 7.11 Å². The fourth-order valence-corrected chi connectivity index (χ4v) is 1.18. The fraction of sp³-hybridized carbons (Fsp3) is 0.857.